The standard InChI is InChI=1S/C12H14ClN3O2/c13-9-1-3-10(4-2-9)16-11(17)7-15-12(18)8-5-14-6-8/h1-4,8,14H,5-7H2,(H,15,18)(H,16,17). The third-order valence-electron chi connectivity index (χ3n) is 2.70. The van der Waals surface area contributed by atoms with Crippen molar-refractivity contribution in [3.05, 3.63) is 29.3 Å². The van der Waals surface area contributed by atoms with E-state index in [-0.39, 0.29) is 24.3 Å². The van der Waals surface area contributed by atoms with E-state index in [1.54, 1.807) is 24.3 Å². The van der Waals surface area contributed by atoms with Crippen LogP contribution in [0.25, 0.3) is 0 Å². The van der Waals surface area contributed by atoms with E-state index in [2.05, 4.69) is 16.0 Å². The van der Waals surface area contributed by atoms with Crippen LogP contribution in [0.4, 0.5) is 5.69 Å². The van der Waals surface area contributed by atoms with Crippen LogP contribution >= 0.6 is 11.6 Å². The van der Waals surface area contributed by atoms with Gasteiger partial charge in [-0.3, -0.25) is 9.59 Å². The second kappa shape index (κ2) is 5.84. The zero-order valence-corrected chi connectivity index (χ0v) is 10.5. The van der Waals surface area contributed by atoms with E-state index in [0.717, 1.165) is 0 Å². The Morgan fingerprint density at radius 3 is 2.50 bits per heavy atom. The summed E-state index contributed by atoms with van der Waals surface area (Å²) in [5, 5.41) is 8.88. The maximum Gasteiger partial charge on any atom is 0.243 e. The summed E-state index contributed by atoms with van der Waals surface area (Å²) >= 11 is 5.73. The molecule has 0 spiro atoms. The van der Waals surface area contributed by atoms with Crippen LogP contribution in [0.3, 0.4) is 0 Å². The molecule has 1 heterocycles. The Kier molecular flexibility index (Phi) is 4.17. The van der Waals surface area contributed by atoms with Gasteiger partial charge in [0, 0.05) is 23.8 Å². The number of hydrogen-bond acceptors (Lipinski definition) is 3. The minimum Gasteiger partial charge on any atom is -0.347 e. The molecular weight excluding hydrogens is 254 g/mol. The fraction of sp³-hybridized carbons (Fsp3) is 0.333. The monoisotopic (exact) mass is 267 g/mol. The van der Waals surface area contributed by atoms with Gasteiger partial charge in [-0.15, -0.1) is 0 Å². The second-order valence-electron chi connectivity index (χ2n) is 4.13. The van der Waals surface area contributed by atoms with E-state index in [9.17, 15) is 9.59 Å². The SMILES string of the molecule is O=C(CNC(=O)C1CNC1)Nc1ccc(Cl)cc1. The number of anilines is 1. The van der Waals surface area contributed by atoms with Crippen molar-refractivity contribution in [1.29, 1.82) is 0 Å². The highest BCUT2D eigenvalue weighted by Gasteiger charge is 2.24. The van der Waals surface area contributed by atoms with Gasteiger partial charge in [-0.2, -0.15) is 0 Å². The predicted molar refractivity (Wildman–Crippen MR) is 69.5 cm³/mol. The molecule has 0 radical (unpaired) electrons. The van der Waals surface area contributed by atoms with Crippen LogP contribution in [0.1, 0.15) is 0 Å². The van der Waals surface area contributed by atoms with Crippen LogP contribution in [0, 0.1) is 5.92 Å². The number of carbonyl (C=O) groups is 2. The smallest absolute Gasteiger partial charge is 0.243 e. The molecule has 1 aromatic carbocycles. The third-order valence-corrected chi connectivity index (χ3v) is 2.96. The van der Waals surface area contributed by atoms with Gasteiger partial charge in [-0.05, 0) is 24.3 Å². The van der Waals surface area contributed by atoms with Crippen LogP contribution < -0.4 is 16.0 Å². The summed E-state index contributed by atoms with van der Waals surface area (Å²) in [7, 11) is 0. The fourth-order valence-corrected chi connectivity index (χ4v) is 1.65. The Labute approximate surface area is 110 Å². The van der Waals surface area contributed by atoms with E-state index >= 15 is 0 Å². The number of amides is 2. The minimum absolute atomic E-state index is 0.00617. The van der Waals surface area contributed by atoms with E-state index < -0.39 is 0 Å². The van der Waals surface area contributed by atoms with Gasteiger partial charge < -0.3 is 16.0 Å². The molecule has 1 aromatic rings. The van der Waals surface area contributed by atoms with E-state index in [4.69, 9.17) is 11.6 Å². The van der Waals surface area contributed by atoms with Gasteiger partial charge in [0.2, 0.25) is 11.8 Å². The number of nitrogens with one attached hydrogen (secondary N) is 3. The first-order valence-electron chi connectivity index (χ1n) is 5.69. The van der Waals surface area contributed by atoms with Gasteiger partial charge in [0.05, 0.1) is 12.5 Å². The highest BCUT2D eigenvalue weighted by atomic mass is 35.5. The number of benzene rings is 1. The Morgan fingerprint density at radius 2 is 1.94 bits per heavy atom. The molecule has 1 saturated heterocycles. The summed E-state index contributed by atoms with van der Waals surface area (Å²) in [6, 6.07) is 6.79. The van der Waals surface area contributed by atoms with Crippen molar-refractivity contribution in [2.75, 3.05) is 25.0 Å². The number of carbonyl (C=O) groups excluding carboxylic acids is 2. The summed E-state index contributed by atoms with van der Waals surface area (Å²) in [4.78, 5) is 23.0. The fourth-order valence-electron chi connectivity index (χ4n) is 1.52. The summed E-state index contributed by atoms with van der Waals surface area (Å²) in [6.07, 6.45) is 0. The summed E-state index contributed by atoms with van der Waals surface area (Å²) < 4.78 is 0. The summed E-state index contributed by atoms with van der Waals surface area (Å²) in [5.41, 5.74) is 0.656. The van der Waals surface area contributed by atoms with E-state index in [1.165, 1.54) is 0 Å². The van der Waals surface area contributed by atoms with Crippen LogP contribution in [0.2, 0.25) is 5.02 Å². The lowest BCUT2D eigenvalue weighted by Crippen LogP contribution is -2.51. The molecule has 0 saturated carbocycles. The molecule has 1 aliphatic rings. The van der Waals surface area contributed by atoms with Gasteiger partial charge in [-0.25, -0.2) is 0 Å². The molecule has 1 fully saturated rings. The van der Waals surface area contributed by atoms with Crippen molar-refractivity contribution in [3.63, 3.8) is 0 Å². The first-order valence-corrected chi connectivity index (χ1v) is 6.07. The maximum absolute atomic E-state index is 11.6. The quantitative estimate of drug-likeness (QED) is 0.749. The zero-order valence-electron chi connectivity index (χ0n) is 9.70. The molecular formula is C12H14ClN3O2. The first-order chi connectivity index (χ1) is 8.65. The molecule has 0 bridgehead atoms. The number of halogens is 1. The molecule has 0 aliphatic carbocycles. The van der Waals surface area contributed by atoms with Crippen molar-refractivity contribution < 1.29 is 9.59 Å². The van der Waals surface area contributed by atoms with E-state index in [0.29, 0.717) is 23.8 Å². The molecule has 0 atom stereocenters. The number of rotatable bonds is 4. The lowest BCUT2D eigenvalue weighted by atomic mass is 10.0. The lowest BCUT2D eigenvalue weighted by molar-refractivity contribution is -0.128. The van der Waals surface area contributed by atoms with Crippen molar-refractivity contribution in [2.24, 2.45) is 5.92 Å². The topological polar surface area (TPSA) is 70.2 Å². The lowest BCUT2D eigenvalue weighted by Gasteiger charge is -2.25. The predicted octanol–water partition coefficient (Wildman–Crippen LogP) is 0.614. The molecule has 18 heavy (non-hydrogen) atoms. The third kappa shape index (κ3) is 3.45. The zero-order chi connectivity index (χ0) is 13.0. The van der Waals surface area contributed by atoms with E-state index in [1.807, 2.05) is 0 Å². The Morgan fingerprint density at radius 1 is 1.28 bits per heavy atom. The molecule has 0 unspecified atom stereocenters. The highest BCUT2D eigenvalue weighted by Crippen LogP contribution is 2.13. The molecule has 2 amide bonds. The summed E-state index contributed by atoms with van der Waals surface area (Å²) in [5.74, 6) is -0.341. The van der Waals surface area contributed by atoms with Crippen LogP contribution in [-0.2, 0) is 9.59 Å². The largest absolute Gasteiger partial charge is 0.347 e. The van der Waals surface area contributed by atoms with Crippen LogP contribution in [0.5, 0.6) is 0 Å². The van der Waals surface area contributed by atoms with Gasteiger partial charge in [-0.1, -0.05) is 11.6 Å². The normalized spacial score (nSPS) is 14.7. The maximum atomic E-state index is 11.6. The van der Waals surface area contributed by atoms with Crippen molar-refractivity contribution >= 4 is 29.1 Å². The Hall–Kier alpha value is -1.59. The van der Waals surface area contributed by atoms with Crippen LogP contribution in [0.15, 0.2) is 24.3 Å². The second-order valence-corrected chi connectivity index (χ2v) is 4.56. The van der Waals surface area contributed by atoms with Gasteiger partial charge >= 0.3 is 0 Å². The van der Waals surface area contributed by atoms with Gasteiger partial charge in [0.1, 0.15) is 0 Å². The molecule has 0 aromatic heterocycles. The van der Waals surface area contributed by atoms with Crippen molar-refractivity contribution in [3.8, 4) is 0 Å². The molecule has 96 valence electrons. The Balaban J connectivity index is 1.74. The highest BCUT2D eigenvalue weighted by molar-refractivity contribution is 6.30. The Bertz CT molecular complexity index is 443. The minimum atomic E-state index is -0.252. The molecule has 3 N–H and O–H groups in total. The van der Waals surface area contributed by atoms with Crippen molar-refractivity contribution in [1.82, 2.24) is 10.6 Å². The molecule has 2 rings (SSSR count). The molecule has 1 aliphatic heterocycles. The summed E-state index contributed by atoms with van der Waals surface area (Å²) in [6.45, 7) is 1.35. The van der Waals surface area contributed by atoms with Gasteiger partial charge in [0.25, 0.3) is 0 Å². The first kappa shape index (κ1) is 12.9. The van der Waals surface area contributed by atoms with Gasteiger partial charge in [0.15, 0.2) is 0 Å². The van der Waals surface area contributed by atoms with Crippen LogP contribution in [-0.4, -0.2) is 31.4 Å². The number of hydrogen-bond donors (Lipinski definition) is 3. The average molecular weight is 268 g/mol. The van der Waals surface area contributed by atoms with Crippen molar-refractivity contribution in [2.45, 2.75) is 0 Å². The molecule has 5 nitrogen and oxygen atoms in total. The average Bonchev–Trinajstić information content (AvgIpc) is 2.27. The molecule has 6 heteroatoms.